The Bertz CT molecular complexity index is 1030. The second-order valence-corrected chi connectivity index (χ2v) is 11.4. The highest BCUT2D eigenvalue weighted by Gasteiger charge is 2.24. The average Bonchev–Trinajstić information content (AvgIpc) is 2.95. The summed E-state index contributed by atoms with van der Waals surface area (Å²) in [7, 11) is 3.58. The fraction of sp³-hybridized carbons (Fsp3) is 0.548. The van der Waals surface area contributed by atoms with Crippen LogP contribution in [0.3, 0.4) is 0 Å². The first-order valence-electron chi connectivity index (χ1n) is 14.1. The summed E-state index contributed by atoms with van der Waals surface area (Å²) in [5, 5.41) is 4.30. The molecule has 39 heavy (non-hydrogen) atoms. The molecular formula is C31H43Cl2N3O3. The van der Waals surface area contributed by atoms with Gasteiger partial charge < -0.3 is 19.9 Å². The van der Waals surface area contributed by atoms with Crippen LogP contribution < -0.4 is 5.32 Å². The molecule has 6 nitrogen and oxygen atoms in total. The molecule has 1 N–H and O–H groups in total. The van der Waals surface area contributed by atoms with Crippen molar-refractivity contribution in [1.29, 1.82) is 0 Å². The Labute approximate surface area is 244 Å². The van der Waals surface area contributed by atoms with Crippen molar-refractivity contribution in [3.05, 3.63) is 69.7 Å². The fourth-order valence-electron chi connectivity index (χ4n) is 5.17. The molecule has 1 atom stereocenters. The van der Waals surface area contributed by atoms with E-state index in [1.807, 2.05) is 55.6 Å². The van der Waals surface area contributed by atoms with Gasteiger partial charge in [0.15, 0.2) is 0 Å². The Morgan fingerprint density at radius 2 is 1.74 bits per heavy atom. The molecule has 2 aromatic rings. The molecule has 1 fully saturated rings. The van der Waals surface area contributed by atoms with Gasteiger partial charge in [-0.25, -0.2) is 0 Å². The smallest absolute Gasteiger partial charge is 0.253 e. The third-order valence-corrected chi connectivity index (χ3v) is 8.26. The normalized spacial score (nSPS) is 15.2. The van der Waals surface area contributed by atoms with E-state index in [4.69, 9.17) is 27.9 Å². The first-order valence-corrected chi connectivity index (χ1v) is 14.9. The molecule has 0 saturated carbocycles. The molecule has 0 bridgehead atoms. The number of hydrogen-bond donors (Lipinski definition) is 1. The Kier molecular flexibility index (Phi) is 13.6. The number of methoxy groups -OCH3 is 1. The summed E-state index contributed by atoms with van der Waals surface area (Å²) in [6.45, 7) is 4.20. The van der Waals surface area contributed by atoms with Crippen LogP contribution in [0.15, 0.2) is 48.5 Å². The van der Waals surface area contributed by atoms with Crippen molar-refractivity contribution in [2.24, 2.45) is 0 Å². The topological polar surface area (TPSA) is 61.9 Å². The van der Waals surface area contributed by atoms with Gasteiger partial charge in [-0.15, -0.1) is 0 Å². The van der Waals surface area contributed by atoms with Crippen LogP contribution in [0.5, 0.6) is 0 Å². The van der Waals surface area contributed by atoms with Crippen molar-refractivity contribution in [1.82, 2.24) is 15.1 Å². The van der Waals surface area contributed by atoms with E-state index >= 15 is 0 Å². The van der Waals surface area contributed by atoms with Crippen molar-refractivity contribution >= 4 is 35.0 Å². The van der Waals surface area contributed by atoms with E-state index in [9.17, 15) is 9.59 Å². The lowest BCUT2D eigenvalue weighted by atomic mass is 9.94. The van der Waals surface area contributed by atoms with E-state index in [0.717, 1.165) is 76.8 Å². The number of ether oxygens (including phenoxy) is 1. The van der Waals surface area contributed by atoms with Crippen LogP contribution in [-0.4, -0.2) is 74.6 Å². The van der Waals surface area contributed by atoms with E-state index in [0.29, 0.717) is 28.6 Å². The minimum Gasteiger partial charge on any atom is -0.385 e. The molecule has 0 radical (unpaired) electrons. The standard InChI is InChI=1S/C31H43Cl2N3O3/c1-35(31(38)24-10-6-5-7-11-24)23-26(25-13-14-28(32)29(33)22-25)15-18-36-19-16-27(17-20-36)34-30(37)12-8-3-4-9-21-39-2/h5-7,10-11,13-14,22,26-27H,3-4,8-9,12,15-21,23H2,1-2H3,(H,34,37). The largest absolute Gasteiger partial charge is 0.385 e. The van der Waals surface area contributed by atoms with Gasteiger partial charge in [0.1, 0.15) is 0 Å². The molecule has 1 aliphatic heterocycles. The van der Waals surface area contributed by atoms with Gasteiger partial charge in [-0.1, -0.05) is 60.3 Å². The van der Waals surface area contributed by atoms with Crippen LogP contribution in [0.25, 0.3) is 0 Å². The highest BCUT2D eigenvalue weighted by atomic mass is 35.5. The van der Waals surface area contributed by atoms with Crippen molar-refractivity contribution in [3.8, 4) is 0 Å². The van der Waals surface area contributed by atoms with Crippen LogP contribution in [0.1, 0.15) is 73.2 Å². The molecule has 0 spiro atoms. The summed E-state index contributed by atoms with van der Waals surface area (Å²) >= 11 is 12.5. The number of carbonyl (C=O) groups excluding carboxylic acids is 2. The monoisotopic (exact) mass is 575 g/mol. The van der Waals surface area contributed by atoms with E-state index in [2.05, 4.69) is 10.2 Å². The molecule has 1 saturated heterocycles. The van der Waals surface area contributed by atoms with Gasteiger partial charge in [0.2, 0.25) is 5.91 Å². The zero-order chi connectivity index (χ0) is 28.0. The van der Waals surface area contributed by atoms with Gasteiger partial charge in [-0.2, -0.15) is 0 Å². The Morgan fingerprint density at radius 3 is 2.44 bits per heavy atom. The number of nitrogens with one attached hydrogen (secondary N) is 1. The number of hydrogen-bond acceptors (Lipinski definition) is 4. The average molecular weight is 577 g/mol. The van der Waals surface area contributed by atoms with Crippen LogP contribution >= 0.6 is 23.2 Å². The van der Waals surface area contributed by atoms with Crippen LogP contribution in [-0.2, 0) is 9.53 Å². The number of amides is 2. The molecular weight excluding hydrogens is 533 g/mol. The molecule has 1 unspecified atom stereocenters. The van der Waals surface area contributed by atoms with Gasteiger partial charge in [0.05, 0.1) is 10.0 Å². The second-order valence-electron chi connectivity index (χ2n) is 10.6. The van der Waals surface area contributed by atoms with Gasteiger partial charge in [0.25, 0.3) is 5.91 Å². The van der Waals surface area contributed by atoms with Crippen LogP contribution in [0.2, 0.25) is 10.0 Å². The Morgan fingerprint density at radius 1 is 1.03 bits per heavy atom. The van der Waals surface area contributed by atoms with Gasteiger partial charge >= 0.3 is 0 Å². The molecule has 8 heteroatoms. The third-order valence-electron chi connectivity index (χ3n) is 7.53. The highest BCUT2D eigenvalue weighted by molar-refractivity contribution is 6.42. The zero-order valence-corrected chi connectivity index (χ0v) is 24.9. The van der Waals surface area contributed by atoms with Gasteiger partial charge in [0, 0.05) is 64.3 Å². The second kappa shape index (κ2) is 16.9. The molecule has 0 aliphatic carbocycles. The number of unbranched alkanes of at least 4 members (excludes halogenated alkanes) is 3. The minimum absolute atomic E-state index is 0.00666. The lowest BCUT2D eigenvalue weighted by Gasteiger charge is -2.34. The first-order chi connectivity index (χ1) is 18.9. The quantitative estimate of drug-likeness (QED) is 0.249. The summed E-state index contributed by atoms with van der Waals surface area (Å²) in [5.41, 5.74) is 1.77. The number of likely N-dealkylation sites (N-methyl/N-ethyl adjacent to an activating group) is 1. The number of piperidine rings is 1. The molecule has 1 heterocycles. The SMILES string of the molecule is COCCCCCCC(=O)NC1CCN(CCC(CN(C)C(=O)c2ccccc2)c2ccc(Cl)c(Cl)c2)CC1. The maximum absolute atomic E-state index is 13.0. The predicted molar refractivity (Wildman–Crippen MR) is 160 cm³/mol. The maximum atomic E-state index is 13.0. The van der Waals surface area contributed by atoms with Crippen molar-refractivity contribution in [2.75, 3.05) is 46.9 Å². The number of halogens is 2. The van der Waals surface area contributed by atoms with Crippen molar-refractivity contribution < 1.29 is 14.3 Å². The lowest BCUT2D eigenvalue weighted by molar-refractivity contribution is -0.122. The molecule has 2 aromatic carbocycles. The molecule has 0 aromatic heterocycles. The third kappa shape index (κ3) is 10.8. The van der Waals surface area contributed by atoms with Crippen molar-refractivity contribution in [2.45, 2.75) is 63.3 Å². The molecule has 1 aliphatic rings. The summed E-state index contributed by atoms with van der Waals surface area (Å²) in [6.07, 6.45) is 7.60. The number of nitrogens with zero attached hydrogens (tertiary/aromatic N) is 2. The zero-order valence-electron chi connectivity index (χ0n) is 23.3. The van der Waals surface area contributed by atoms with E-state index in [1.165, 1.54) is 0 Å². The first kappa shape index (κ1) is 31.4. The molecule has 3 rings (SSSR count). The highest BCUT2D eigenvalue weighted by Crippen LogP contribution is 2.29. The summed E-state index contributed by atoms with van der Waals surface area (Å²) in [6, 6.07) is 15.4. The lowest BCUT2D eigenvalue weighted by Crippen LogP contribution is -2.45. The maximum Gasteiger partial charge on any atom is 0.253 e. The Hall–Kier alpha value is -2.12. The Balaban J connectivity index is 1.48. The summed E-state index contributed by atoms with van der Waals surface area (Å²) in [5.74, 6) is 0.303. The number of carbonyl (C=O) groups is 2. The minimum atomic E-state index is 0.00666. The number of benzene rings is 2. The van der Waals surface area contributed by atoms with E-state index in [-0.39, 0.29) is 23.8 Å². The van der Waals surface area contributed by atoms with E-state index in [1.54, 1.807) is 12.0 Å². The van der Waals surface area contributed by atoms with Crippen LogP contribution in [0.4, 0.5) is 0 Å². The molecule has 2 amide bonds. The van der Waals surface area contributed by atoms with Crippen molar-refractivity contribution in [3.63, 3.8) is 0 Å². The van der Waals surface area contributed by atoms with Gasteiger partial charge in [-0.3, -0.25) is 9.59 Å². The van der Waals surface area contributed by atoms with Crippen LogP contribution in [0, 0.1) is 0 Å². The summed E-state index contributed by atoms with van der Waals surface area (Å²) < 4.78 is 5.07. The number of likely N-dealkylation sites (tertiary alicyclic amines) is 1. The molecule has 214 valence electrons. The van der Waals surface area contributed by atoms with Gasteiger partial charge in [-0.05, 0) is 68.5 Å². The fourth-order valence-corrected chi connectivity index (χ4v) is 5.48. The number of rotatable bonds is 15. The predicted octanol–water partition coefficient (Wildman–Crippen LogP) is 6.42. The van der Waals surface area contributed by atoms with E-state index < -0.39 is 0 Å². The summed E-state index contributed by atoms with van der Waals surface area (Å²) in [4.78, 5) is 29.6.